The van der Waals surface area contributed by atoms with Crippen molar-refractivity contribution in [1.29, 1.82) is 0 Å². The summed E-state index contributed by atoms with van der Waals surface area (Å²) in [5.41, 5.74) is 11.4. The van der Waals surface area contributed by atoms with Crippen molar-refractivity contribution < 1.29 is 4.79 Å². The van der Waals surface area contributed by atoms with E-state index in [0.29, 0.717) is 0 Å². The molecule has 6 heteroatoms. The lowest BCUT2D eigenvalue weighted by molar-refractivity contribution is 0.0988. The molecule has 0 unspecified atom stereocenters. The monoisotopic (exact) mass is 383 g/mol. The lowest BCUT2D eigenvalue weighted by Crippen LogP contribution is -2.18. The van der Waals surface area contributed by atoms with Gasteiger partial charge in [0.15, 0.2) is 0 Å². The van der Waals surface area contributed by atoms with E-state index in [1.807, 2.05) is 44.4 Å². The molecule has 0 aliphatic carbocycles. The first-order valence-electron chi connectivity index (χ1n) is 9.22. The predicted molar refractivity (Wildman–Crippen MR) is 115 cm³/mol. The zero-order valence-electron chi connectivity index (χ0n) is 16.3. The molecule has 1 amide bonds. The van der Waals surface area contributed by atoms with Crippen molar-refractivity contribution in [2.75, 3.05) is 19.0 Å². The maximum Gasteiger partial charge on any atom is 0.286 e. The molecule has 0 bridgehead atoms. The van der Waals surface area contributed by atoms with Gasteiger partial charge in [0.1, 0.15) is 6.33 Å². The summed E-state index contributed by atoms with van der Waals surface area (Å²) in [4.78, 5) is 18.0. The summed E-state index contributed by atoms with van der Waals surface area (Å²) in [5.74, 6) is -0.525. The van der Waals surface area contributed by atoms with Gasteiger partial charge < -0.3 is 10.6 Å². The van der Waals surface area contributed by atoms with E-state index >= 15 is 0 Å². The van der Waals surface area contributed by atoms with E-state index < -0.39 is 5.91 Å². The van der Waals surface area contributed by atoms with Crippen LogP contribution in [0.5, 0.6) is 0 Å². The fraction of sp³-hybridized carbons (Fsp3) is 0.0870. The maximum absolute atomic E-state index is 11.9. The molecule has 144 valence electrons. The highest BCUT2D eigenvalue weighted by Crippen LogP contribution is 2.37. The highest BCUT2D eigenvalue weighted by Gasteiger charge is 2.19. The van der Waals surface area contributed by atoms with Crippen LogP contribution in [0.15, 0.2) is 79.1 Å². The summed E-state index contributed by atoms with van der Waals surface area (Å²) in [5, 5.41) is 4.27. The molecular weight excluding hydrogens is 362 g/mol. The van der Waals surface area contributed by atoms with E-state index in [-0.39, 0.29) is 5.82 Å². The molecule has 4 rings (SSSR count). The summed E-state index contributed by atoms with van der Waals surface area (Å²) in [6.45, 7) is 0. The normalized spacial score (nSPS) is 10.7. The third kappa shape index (κ3) is 3.48. The van der Waals surface area contributed by atoms with E-state index in [4.69, 9.17) is 5.73 Å². The molecule has 0 saturated carbocycles. The molecule has 1 heterocycles. The van der Waals surface area contributed by atoms with Crippen molar-refractivity contribution in [3.05, 3.63) is 84.9 Å². The van der Waals surface area contributed by atoms with Crippen molar-refractivity contribution in [2.24, 2.45) is 5.73 Å². The second-order valence-corrected chi connectivity index (χ2v) is 6.87. The molecule has 0 radical (unpaired) electrons. The minimum atomic E-state index is -0.624. The van der Waals surface area contributed by atoms with Crippen LogP contribution < -0.4 is 10.6 Å². The number of nitrogens with zero attached hydrogens (tertiary/aromatic N) is 4. The number of rotatable bonds is 5. The van der Waals surface area contributed by atoms with Gasteiger partial charge in [-0.3, -0.25) is 4.79 Å². The average Bonchev–Trinajstić information content (AvgIpc) is 3.24. The number of carbonyl (C=O) groups is 1. The van der Waals surface area contributed by atoms with Gasteiger partial charge in [-0.25, -0.2) is 9.67 Å². The molecule has 1 aromatic heterocycles. The molecule has 0 aliphatic rings. The zero-order chi connectivity index (χ0) is 20.4. The van der Waals surface area contributed by atoms with Crippen LogP contribution in [0.4, 0.5) is 5.69 Å². The van der Waals surface area contributed by atoms with E-state index in [2.05, 4.69) is 57.4 Å². The lowest BCUT2D eigenvalue weighted by atomic mass is 9.92. The minimum Gasteiger partial charge on any atom is -0.378 e. The van der Waals surface area contributed by atoms with Crippen molar-refractivity contribution in [1.82, 2.24) is 14.8 Å². The van der Waals surface area contributed by atoms with E-state index in [0.717, 1.165) is 33.6 Å². The molecule has 2 N–H and O–H groups in total. The van der Waals surface area contributed by atoms with Crippen LogP contribution in [0, 0.1) is 0 Å². The number of hydrogen-bond donors (Lipinski definition) is 1. The number of amides is 1. The van der Waals surface area contributed by atoms with Gasteiger partial charge in [-0.05, 0) is 34.9 Å². The molecule has 0 aliphatic heterocycles. The molecule has 4 aromatic rings. The van der Waals surface area contributed by atoms with Crippen LogP contribution in [0.25, 0.3) is 27.9 Å². The minimum absolute atomic E-state index is 0.0985. The molecule has 0 atom stereocenters. The quantitative estimate of drug-likeness (QED) is 0.569. The van der Waals surface area contributed by atoms with Gasteiger partial charge in [0.2, 0.25) is 5.82 Å². The molecular formula is C23H21N5O. The van der Waals surface area contributed by atoms with Gasteiger partial charge in [0, 0.05) is 25.3 Å². The first-order valence-corrected chi connectivity index (χ1v) is 9.22. The van der Waals surface area contributed by atoms with E-state index in [1.54, 1.807) is 0 Å². The van der Waals surface area contributed by atoms with Gasteiger partial charge in [0.05, 0.1) is 5.69 Å². The SMILES string of the molecule is CN(C)c1ccc(-c2c(-c3ccccc3)cccc2-n2ncnc2C(N)=O)cc1. The molecule has 3 aromatic carbocycles. The number of nitrogens with two attached hydrogens (primary N) is 1. The first-order chi connectivity index (χ1) is 14.1. The Kier molecular flexibility index (Phi) is 4.83. The van der Waals surface area contributed by atoms with Gasteiger partial charge >= 0.3 is 0 Å². The van der Waals surface area contributed by atoms with Crippen LogP contribution in [-0.4, -0.2) is 34.8 Å². The smallest absolute Gasteiger partial charge is 0.286 e. The third-order valence-electron chi connectivity index (χ3n) is 4.80. The molecule has 6 nitrogen and oxygen atoms in total. The first kappa shape index (κ1) is 18.4. The summed E-state index contributed by atoms with van der Waals surface area (Å²) < 4.78 is 1.50. The second kappa shape index (κ2) is 7.59. The summed E-state index contributed by atoms with van der Waals surface area (Å²) in [6, 6.07) is 24.3. The Balaban J connectivity index is 1.99. The fourth-order valence-electron chi connectivity index (χ4n) is 3.39. The highest BCUT2D eigenvalue weighted by atomic mass is 16.1. The van der Waals surface area contributed by atoms with Crippen molar-refractivity contribution in [2.45, 2.75) is 0 Å². The summed E-state index contributed by atoms with van der Waals surface area (Å²) >= 11 is 0. The maximum atomic E-state index is 11.9. The van der Waals surface area contributed by atoms with Crippen molar-refractivity contribution >= 4 is 11.6 Å². The summed E-state index contributed by atoms with van der Waals surface area (Å²) in [6.07, 6.45) is 1.34. The average molecular weight is 383 g/mol. The van der Waals surface area contributed by atoms with Crippen LogP contribution in [0.3, 0.4) is 0 Å². The van der Waals surface area contributed by atoms with Gasteiger partial charge in [-0.1, -0.05) is 54.6 Å². The number of hydrogen-bond acceptors (Lipinski definition) is 4. The third-order valence-corrected chi connectivity index (χ3v) is 4.80. The molecule has 0 fully saturated rings. The Morgan fingerprint density at radius 2 is 1.62 bits per heavy atom. The van der Waals surface area contributed by atoms with Gasteiger partial charge in [-0.15, -0.1) is 0 Å². The Morgan fingerprint density at radius 3 is 2.28 bits per heavy atom. The standard InChI is InChI=1S/C23H21N5O/c1-27(2)18-13-11-17(12-14-18)21-19(16-7-4-3-5-8-16)9-6-10-20(21)28-23(22(24)29)25-15-26-28/h3-15H,1-2H3,(H2,24,29). The number of carbonyl (C=O) groups excluding carboxylic acids is 1. The lowest BCUT2D eigenvalue weighted by Gasteiger charge is -2.18. The van der Waals surface area contributed by atoms with Crippen LogP contribution in [-0.2, 0) is 0 Å². The Morgan fingerprint density at radius 1 is 0.897 bits per heavy atom. The van der Waals surface area contributed by atoms with Crippen molar-refractivity contribution in [3.8, 4) is 27.9 Å². The second-order valence-electron chi connectivity index (χ2n) is 6.87. The molecule has 0 spiro atoms. The Hall–Kier alpha value is -3.93. The largest absolute Gasteiger partial charge is 0.378 e. The van der Waals surface area contributed by atoms with Gasteiger partial charge in [-0.2, -0.15) is 5.10 Å². The van der Waals surface area contributed by atoms with Crippen LogP contribution in [0.2, 0.25) is 0 Å². The highest BCUT2D eigenvalue weighted by molar-refractivity contribution is 5.93. The Labute approximate surface area is 169 Å². The van der Waals surface area contributed by atoms with Gasteiger partial charge in [0.25, 0.3) is 5.91 Å². The molecule has 29 heavy (non-hydrogen) atoms. The van der Waals surface area contributed by atoms with E-state index in [9.17, 15) is 4.79 Å². The molecule has 0 saturated heterocycles. The topological polar surface area (TPSA) is 77.0 Å². The predicted octanol–water partition coefficient (Wildman–Crippen LogP) is 3.77. The number of aromatic nitrogens is 3. The van der Waals surface area contributed by atoms with Crippen molar-refractivity contribution in [3.63, 3.8) is 0 Å². The Bertz CT molecular complexity index is 1150. The number of benzene rings is 3. The van der Waals surface area contributed by atoms with Crippen LogP contribution in [0.1, 0.15) is 10.6 Å². The number of anilines is 1. The van der Waals surface area contributed by atoms with E-state index in [1.165, 1.54) is 11.0 Å². The zero-order valence-corrected chi connectivity index (χ0v) is 16.3. The van der Waals surface area contributed by atoms with Crippen LogP contribution >= 0.6 is 0 Å². The summed E-state index contributed by atoms with van der Waals surface area (Å²) in [7, 11) is 4.01. The number of primary amides is 1. The fourth-order valence-corrected chi connectivity index (χ4v) is 3.39.